The number of hydrogen-bond donors (Lipinski definition) is 2. The van der Waals surface area contributed by atoms with Gasteiger partial charge in [-0.15, -0.1) is 11.3 Å². The topological polar surface area (TPSA) is 54.0 Å². The first-order chi connectivity index (χ1) is 10.1. The molecule has 5 heteroatoms. The molecule has 2 aliphatic rings. The van der Waals surface area contributed by atoms with Crippen molar-refractivity contribution in [1.82, 2.24) is 15.6 Å². The second kappa shape index (κ2) is 6.44. The summed E-state index contributed by atoms with van der Waals surface area (Å²) in [6.45, 7) is 4.79. The molecule has 0 spiro atoms. The van der Waals surface area contributed by atoms with Gasteiger partial charge in [-0.1, -0.05) is 12.8 Å². The first kappa shape index (κ1) is 15.0. The van der Waals surface area contributed by atoms with Crippen molar-refractivity contribution in [2.75, 3.05) is 6.54 Å². The number of aromatic nitrogens is 1. The number of aryl methyl sites for hydroxylation is 2. The number of nitrogens with zero attached hydrogens (tertiary/aromatic N) is 1. The minimum absolute atomic E-state index is 0.0300. The Morgan fingerprint density at radius 1 is 1.38 bits per heavy atom. The molecule has 3 unspecified atom stereocenters. The molecule has 1 amide bonds. The summed E-state index contributed by atoms with van der Waals surface area (Å²) in [6.07, 6.45) is 7.10. The van der Waals surface area contributed by atoms with Crippen molar-refractivity contribution in [3.05, 3.63) is 15.6 Å². The highest BCUT2D eigenvalue weighted by Gasteiger charge is 2.37. The van der Waals surface area contributed by atoms with Crippen molar-refractivity contribution in [2.45, 2.75) is 64.5 Å². The van der Waals surface area contributed by atoms with E-state index in [0.717, 1.165) is 36.0 Å². The molecule has 1 aromatic heterocycles. The average molecular weight is 307 g/mol. The molecule has 2 N–H and O–H groups in total. The van der Waals surface area contributed by atoms with Crippen LogP contribution in [-0.4, -0.2) is 29.5 Å². The summed E-state index contributed by atoms with van der Waals surface area (Å²) in [6, 6.07) is 0.614. The normalized spacial score (nSPS) is 28.4. The maximum Gasteiger partial charge on any atom is 0.237 e. The molecule has 1 aliphatic heterocycles. The van der Waals surface area contributed by atoms with Crippen LogP contribution in [-0.2, 0) is 11.2 Å². The third-order valence-corrected chi connectivity index (χ3v) is 5.96. The van der Waals surface area contributed by atoms with Crippen LogP contribution in [0.1, 0.15) is 47.7 Å². The first-order valence-electron chi connectivity index (χ1n) is 8.10. The van der Waals surface area contributed by atoms with Gasteiger partial charge in [0.15, 0.2) is 0 Å². The van der Waals surface area contributed by atoms with E-state index in [-0.39, 0.29) is 11.9 Å². The molecule has 116 valence electrons. The van der Waals surface area contributed by atoms with E-state index in [1.807, 2.05) is 13.8 Å². The Morgan fingerprint density at radius 2 is 2.19 bits per heavy atom. The summed E-state index contributed by atoms with van der Waals surface area (Å²) in [4.78, 5) is 18.0. The third kappa shape index (κ3) is 3.46. The zero-order valence-corrected chi connectivity index (χ0v) is 13.8. The van der Waals surface area contributed by atoms with Crippen LogP contribution in [0.25, 0.3) is 0 Å². The lowest BCUT2D eigenvalue weighted by atomic mass is 9.85. The Labute approximate surface area is 130 Å². The number of carbonyl (C=O) groups is 1. The maximum absolute atomic E-state index is 12.3. The van der Waals surface area contributed by atoms with E-state index in [2.05, 4.69) is 15.6 Å². The van der Waals surface area contributed by atoms with E-state index in [0.29, 0.717) is 6.04 Å². The molecule has 0 aromatic carbocycles. The van der Waals surface area contributed by atoms with Gasteiger partial charge in [-0.05, 0) is 39.0 Å². The molecule has 1 aromatic rings. The molecule has 21 heavy (non-hydrogen) atoms. The van der Waals surface area contributed by atoms with Gasteiger partial charge in [0.05, 0.1) is 16.7 Å². The highest BCUT2D eigenvalue weighted by molar-refractivity contribution is 7.11. The molecule has 2 heterocycles. The summed E-state index contributed by atoms with van der Waals surface area (Å²) in [5.74, 6) is 0.907. The van der Waals surface area contributed by atoms with Crippen LogP contribution in [0.5, 0.6) is 0 Å². The maximum atomic E-state index is 12.3. The van der Waals surface area contributed by atoms with E-state index >= 15 is 0 Å². The fourth-order valence-electron chi connectivity index (χ4n) is 3.75. The lowest BCUT2D eigenvalue weighted by molar-refractivity contribution is -0.122. The van der Waals surface area contributed by atoms with Crippen LogP contribution in [0.15, 0.2) is 0 Å². The van der Waals surface area contributed by atoms with Crippen LogP contribution in [0.4, 0.5) is 0 Å². The number of amides is 1. The molecular weight excluding hydrogens is 282 g/mol. The molecular formula is C16H25N3OS. The number of carbonyl (C=O) groups excluding carboxylic acids is 1. The monoisotopic (exact) mass is 307 g/mol. The Morgan fingerprint density at radius 3 is 2.90 bits per heavy atom. The molecule has 0 radical (unpaired) electrons. The third-order valence-electron chi connectivity index (χ3n) is 4.83. The van der Waals surface area contributed by atoms with Crippen LogP contribution in [0.2, 0.25) is 0 Å². The fraction of sp³-hybridized carbons (Fsp3) is 0.750. The van der Waals surface area contributed by atoms with Crippen molar-refractivity contribution in [3.8, 4) is 0 Å². The van der Waals surface area contributed by atoms with Crippen molar-refractivity contribution in [3.63, 3.8) is 0 Å². The summed E-state index contributed by atoms with van der Waals surface area (Å²) in [5.41, 5.74) is 1.11. The van der Waals surface area contributed by atoms with Crippen LogP contribution >= 0.6 is 11.3 Å². The lowest BCUT2D eigenvalue weighted by Crippen LogP contribution is -2.43. The highest BCUT2D eigenvalue weighted by Crippen LogP contribution is 2.33. The Bertz CT molecular complexity index is 500. The van der Waals surface area contributed by atoms with Crippen LogP contribution in [0.3, 0.4) is 0 Å². The minimum Gasteiger partial charge on any atom is -0.354 e. The zero-order chi connectivity index (χ0) is 14.8. The van der Waals surface area contributed by atoms with Gasteiger partial charge >= 0.3 is 0 Å². The smallest absolute Gasteiger partial charge is 0.237 e. The number of nitrogens with one attached hydrogen (secondary N) is 2. The molecule has 2 fully saturated rings. The molecule has 1 saturated carbocycles. The van der Waals surface area contributed by atoms with E-state index in [1.54, 1.807) is 11.3 Å². The quantitative estimate of drug-likeness (QED) is 0.898. The van der Waals surface area contributed by atoms with Crippen LogP contribution < -0.4 is 10.6 Å². The molecule has 3 rings (SSSR count). The van der Waals surface area contributed by atoms with E-state index < -0.39 is 0 Å². The summed E-state index contributed by atoms with van der Waals surface area (Å²) in [7, 11) is 0. The molecule has 4 nitrogen and oxygen atoms in total. The second-order valence-electron chi connectivity index (χ2n) is 6.39. The largest absolute Gasteiger partial charge is 0.354 e. The SMILES string of the molecule is Cc1nc(C)c(CCNC(=O)C2CC3CCCCC3N2)s1. The minimum atomic E-state index is 0.0300. The van der Waals surface area contributed by atoms with Gasteiger partial charge < -0.3 is 10.6 Å². The average Bonchev–Trinajstić information content (AvgIpc) is 3.02. The van der Waals surface area contributed by atoms with Gasteiger partial charge in [-0.3, -0.25) is 4.79 Å². The first-order valence-corrected chi connectivity index (χ1v) is 8.92. The van der Waals surface area contributed by atoms with Gasteiger partial charge in [0.25, 0.3) is 0 Å². The Hall–Kier alpha value is -0.940. The van der Waals surface area contributed by atoms with Gasteiger partial charge in [0.1, 0.15) is 0 Å². The molecule has 1 aliphatic carbocycles. The molecule has 1 saturated heterocycles. The second-order valence-corrected chi connectivity index (χ2v) is 7.68. The van der Waals surface area contributed by atoms with Crippen molar-refractivity contribution in [1.29, 1.82) is 0 Å². The van der Waals surface area contributed by atoms with Gasteiger partial charge in [0, 0.05) is 23.9 Å². The zero-order valence-electron chi connectivity index (χ0n) is 12.9. The Kier molecular flexibility index (Phi) is 4.60. The summed E-state index contributed by atoms with van der Waals surface area (Å²) < 4.78 is 0. The number of hydrogen-bond acceptors (Lipinski definition) is 4. The summed E-state index contributed by atoms with van der Waals surface area (Å²) >= 11 is 1.74. The predicted octanol–water partition coefficient (Wildman–Crippen LogP) is 2.34. The van der Waals surface area contributed by atoms with Crippen LogP contribution in [0, 0.1) is 19.8 Å². The van der Waals surface area contributed by atoms with E-state index in [1.165, 1.54) is 30.6 Å². The lowest BCUT2D eigenvalue weighted by Gasteiger charge is -2.24. The van der Waals surface area contributed by atoms with Crippen molar-refractivity contribution < 1.29 is 4.79 Å². The number of rotatable bonds is 4. The summed E-state index contributed by atoms with van der Waals surface area (Å²) in [5, 5.41) is 7.74. The number of thiazole rings is 1. The molecule has 0 bridgehead atoms. The van der Waals surface area contributed by atoms with Gasteiger partial charge in [-0.2, -0.15) is 0 Å². The standard InChI is InChI=1S/C16H25N3OS/c1-10-15(21-11(2)18-10)7-8-17-16(20)14-9-12-5-3-4-6-13(12)19-14/h12-14,19H,3-9H2,1-2H3,(H,17,20). The Balaban J connectivity index is 1.45. The predicted molar refractivity (Wildman–Crippen MR) is 85.6 cm³/mol. The van der Waals surface area contributed by atoms with Gasteiger partial charge in [0.2, 0.25) is 5.91 Å². The van der Waals surface area contributed by atoms with E-state index in [9.17, 15) is 4.79 Å². The fourth-order valence-corrected chi connectivity index (χ4v) is 4.69. The van der Waals surface area contributed by atoms with Gasteiger partial charge in [-0.25, -0.2) is 4.98 Å². The van der Waals surface area contributed by atoms with E-state index in [4.69, 9.17) is 0 Å². The number of fused-ring (bicyclic) bond motifs is 1. The van der Waals surface area contributed by atoms with Crippen molar-refractivity contribution in [2.24, 2.45) is 5.92 Å². The van der Waals surface area contributed by atoms with Crippen molar-refractivity contribution >= 4 is 17.2 Å². The highest BCUT2D eigenvalue weighted by atomic mass is 32.1. The molecule has 3 atom stereocenters.